The molecule has 0 unspecified atom stereocenters. The van der Waals surface area contributed by atoms with Gasteiger partial charge in [0.05, 0.1) is 13.7 Å². The number of nitrogens with zero attached hydrogens (tertiary/aromatic N) is 4. The minimum Gasteiger partial charge on any atom is -0.478 e. The van der Waals surface area contributed by atoms with E-state index in [9.17, 15) is 4.79 Å². The summed E-state index contributed by atoms with van der Waals surface area (Å²) in [5.41, 5.74) is 3.08. The van der Waals surface area contributed by atoms with Crippen molar-refractivity contribution in [1.82, 2.24) is 14.9 Å². The maximum atomic E-state index is 12.4. The molecule has 7 heteroatoms. The number of piperazine rings is 1. The van der Waals surface area contributed by atoms with Crippen LogP contribution in [0, 0.1) is 13.8 Å². The third-order valence-electron chi connectivity index (χ3n) is 4.62. The maximum absolute atomic E-state index is 12.4. The number of hydrogen-bond donors (Lipinski definition) is 1. The fourth-order valence-corrected chi connectivity index (χ4v) is 3.19. The second kappa shape index (κ2) is 8.14. The second-order valence-corrected chi connectivity index (χ2v) is 6.47. The molecule has 1 aliphatic rings. The Morgan fingerprint density at radius 2 is 1.77 bits per heavy atom. The number of rotatable bonds is 5. The van der Waals surface area contributed by atoms with Crippen LogP contribution in [0.3, 0.4) is 0 Å². The van der Waals surface area contributed by atoms with Gasteiger partial charge in [0.15, 0.2) is 5.82 Å². The first-order valence-corrected chi connectivity index (χ1v) is 8.77. The summed E-state index contributed by atoms with van der Waals surface area (Å²) in [5.74, 6) is 1.32. The summed E-state index contributed by atoms with van der Waals surface area (Å²) in [6.45, 7) is 7.56. The van der Waals surface area contributed by atoms with Gasteiger partial charge in [0.1, 0.15) is 0 Å². The first kappa shape index (κ1) is 18.1. The number of anilines is 2. The van der Waals surface area contributed by atoms with Crippen molar-refractivity contribution in [1.29, 1.82) is 0 Å². The molecule has 0 bridgehead atoms. The summed E-state index contributed by atoms with van der Waals surface area (Å²) in [7, 11) is 1.60. The van der Waals surface area contributed by atoms with Crippen LogP contribution >= 0.6 is 0 Å². The van der Waals surface area contributed by atoms with E-state index < -0.39 is 0 Å². The zero-order valence-electron chi connectivity index (χ0n) is 15.5. The van der Waals surface area contributed by atoms with Crippen LogP contribution < -0.4 is 15.0 Å². The van der Waals surface area contributed by atoms with E-state index in [-0.39, 0.29) is 5.91 Å². The lowest BCUT2D eigenvalue weighted by atomic mass is 10.1. The van der Waals surface area contributed by atoms with Crippen molar-refractivity contribution >= 4 is 17.4 Å². The maximum Gasteiger partial charge on any atom is 0.257 e. The van der Waals surface area contributed by atoms with Gasteiger partial charge in [0.2, 0.25) is 5.91 Å². The Morgan fingerprint density at radius 3 is 2.42 bits per heavy atom. The third kappa shape index (κ3) is 4.11. The molecule has 138 valence electrons. The first-order valence-electron chi connectivity index (χ1n) is 8.77. The van der Waals surface area contributed by atoms with Crippen LogP contribution in [0.4, 0.5) is 11.5 Å². The van der Waals surface area contributed by atoms with E-state index in [4.69, 9.17) is 4.74 Å². The number of benzene rings is 1. The number of hydrogen-bond acceptors (Lipinski definition) is 6. The molecule has 2 heterocycles. The van der Waals surface area contributed by atoms with Crippen molar-refractivity contribution in [3.05, 3.63) is 41.7 Å². The fourth-order valence-electron chi connectivity index (χ4n) is 3.19. The molecule has 7 nitrogen and oxygen atoms in total. The van der Waals surface area contributed by atoms with E-state index in [0.717, 1.165) is 48.8 Å². The van der Waals surface area contributed by atoms with Crippen LogP contribution in [0.2, 0.25) is 0 Å². The van der Waals surface area contributed by atoms with Crippen molar-refractivity contribution in [3.8, 4) is 5.88 Å². The molecule has 1 aliphatic heterocycles. The summed E-state index contributed by atoms with van der Waals surface area (Å²) in [5, 5.41) is 3.05. The van der Waals surface area contributed by atoms with Gasteiger partial charge < -0.3 is 15.0 Å². The Kier molecular flexibility index (Phi) is 5.68. The molecule has 0 aliphatic carbocycles. The minimum atomic E-state index is 0.0212. The van der Waals surface area contributed by atoms with Crippen LogP contribution in [0.15, 0.2) is 30.6 Å². The number of nitrogens with one attached hydrogen (secondary N) is 1. The van der Waals surface area contributed by atoms with Crippen LogP contribution in [-0.4, -0.2) is 60.6 Å². The molecule has 26 heavy (non-hydrogen) atoms. The van der Waals surface area contributed by atoms with Crippen molar-refractivity contribution < 1.29 is 9.53 Å². The SMILES string of the molecule is COc1nccnc1N1CCN(CC(=O)Nc2c(C)cccc2C)CC1. The van der Waals surface area contributed by atoms with Gasteiger partial charge in [-0.2, -0.15) is 0 Å². The van der Waals surface area contributed by atoms with Crippen molar-refractivity contribution in [2.24, 2.45) is 0 Å². The lowest BCUT2D eigenvalue weighted by molar-refractivity contribution is -0.117. The van der Waals surface area contributed by atoms with Crippen molar-refractivity contribution in [3.63, 3.8) is 0 Å². The van der Waals surface area contributed by atoms with Gasteiger partial charge in [-0.3, -0.25) is 9.69 Å². The molecule has 1 aromatic heterocycles. The molecule has 1 saturated heterocycles. The lowest BCUT2D eigenvalue weighted by Gasteiger charge is -2.35. The van der Waals surface area contributed by atoms with Crippen LogP contribution in [-0.2, 0) is 4.79 Å². The quantitative estimate of drug-likeness (QED) is 0.883. The van der Waals surface area contributed by atoms with Gasteiger partial charge in [-0.25, -0.2) is 9.97 Å². The van der Waals surface area contributed by atoms with E-state index in [0.29, 0.717) is 12.4 Å². The molecule has 0 radical (unpaired) electrons. The minimum absolute atomic E-state index is 0.0212. The Bertz CT molecular complexity index is 752. The van der Waals surface area contributed by atoms with Gasteiger partial charge in [0.25, 0.3) is 5.88 Å². The van der Waals surface area contributed by atoms with Gasteiger partial charge in [-0.1, -0.05) is 18.2 Å². The average Bonchev–Trinajstić information content (AvgIpc) is 2.65. The summed E-state index contributed by atoms with van der Waals surface area (Å²) in [4.78, 5) is 25.3. The van der Waals surface area contributed by atoms with Crippen molar-refractivity contribution in [2.45, 2.75) is 13.8 Å². The highest BCUT2D eigenvalue weighted by atomic mass is 16.5. The first-order chi connectivity index (χ1) is 12.6. The second-order valence-electron chi connectivity index (χ2n) is 6.47. The summed E-state index contributed by atoms with van der Waals surface area (Å²) in [6, 6.07) is 6.02. The highest BCUT2D eigenvalue weighted by Gasteiger charge is 2.22. The fraction of sp³-hybridized carbons (Fsp3) is 0.421. The molecule has 0 atom stereocenters. The molecule has 0 spiro atoms. The predicted octanol–water partition coefficient (Wildman–Crippen LogP) is 1.86. The average molecular weight is 355 g/mol. The van der Waals surface area contributed by atoms with E-state index in [1.165, 1.54) is 0 Å². The number of aromatic nitrogens is 2. The van der Waals surface area contributed by atoms with Gasteiger partial charge in [0, 0.05) is 44.3 Å². The molecule has 2 aromatic rings. The number of carbonyl (C=O) groups is 1. The molecule has 1 N–H and O–H groups in total. The Labute approximate surface area is 154 Å². The van der Waals surface area contributed by atoms with Crippen LogP contribution in [0.1, 0.15) is 11.1 Å². The smallest absolute Gasteiger partial charge is 0.257 e. The van der Waals surface area contributed by atoms with Crippen LogP contribution in [0.5, 0.6) is 5.88 Å². The molecule has 0 saturated carbocycles. The Morgan fingerprint density at radius 1 is 1.12 bits per heavy atom. The molecule has 1 fully saturated rings. The molecule has 1 amide bonds. The zero-order valence-corrected chi connectivity index (χ0v) is 15.5. The number of carbonyl (C=O) groups excluding carboxylic acids is 1. The van der Waals surface area contributed by atoms with E-state index in [1.54, 1.807) is 19.5 Å². The topological polar surface area (TPSA) is 70.6 Å². The Hall–Kier alpha value is -2.67. The predicted molar refractivity (Wildman–Crippen MR) is 102 cm³/mol. The number of methoxy groups -OCH3 is 1. The number of para-hydroxylation sites is 1. The Balaban J connectivity index is 1.55. The third-order valence-corrected chi connectivity index (χ3v) is 4.62. The van der Waals surface area contributed by atoms with Crippen LogP contribution in [0.25, 0.3) is 0 Å². The zero-order chi connectivity index (χ0) is 18.5. The monoisotopic (exact) mass is 355 g/mol. The molecular formula is C19H25N5O2. The summed E-state index contributed by atoms with van der Waals surface area (Å²) >= 11 is 0. The summed E-state index contributed by atoms with van der Waals surface area (Å²) in [6.07, 6.45) is 3.29. The molecular weight excluding hydrogens is 330 g/mol. The van der Waals surface area contributed by atoms with E-state index in [1.807, 2.05) is 32.0 Å². The van der Waals surface area contributed by atoms with Gasteiger partial charge in [-0.15, -0.1) is 0 Å². The highest BCUT2D eigenvalue weighted by molar-refractivity contribution is 5.93. The molecule has 3 rings (SSSR count). The number of aryl methyl sites for hydroxylation is 2. The van der Waals surface area contributed by atoms with Crippen molar-refractivity contribution in [2.75, 3.05) is 50.1 Å². The van der Waals surface area contributed by atoms with E-state index >= 15 is 0 Å². The van der Waals surface area contributed by atoms with Gasteiger partial charge in [-0.05, 0) is 25.0 Å². The lowest BCUT2D eigenvalue weighted by Crippen LogP contribution is -2.49. The number of ether oxygens (including phenoxy) is 1. The van der Waals surface area contributed by atoms with E-state index in [2.05, 4.69) is 25.1 Å². The largest absolute Gasteiger partial charge is 0.478 e. The number of amides is 1. The van der Waals surface area contributed by atoms with Gasteiger partial charge >= 0.3 is 0 Å². The summed E-state index contributed by atoms with van der Waals surface area (Å²) < 4.78 is 5.29. The highest BCUT2D eigenvalue weighted by Crippen LogP contribution is 2.23. The standard InChI is InChI=1S/C19H25N5O2/c1-14-5-4-6-15(2)17(14)22-16(25)13-23-9-11-24(12-10-23)18-19(26-3)21-8-7-20-18/h4-8H,9-13H2,1-3H3,(H,22,25). The molecule has 1 aromatic carbocycles. The normalized spacial score (nSPS) is 15.0.